The fraction of sp³-hybridized carbons (Fsp3) is 0.400. The molecule has 1 aliphatic rings. The lowest BCUT2D eigenvalue weighted by atomic mass is 10.0. The molecule has 1 aromatic heterocycles. The number of nitrogens with zero attached hydrogens (tertiary/aromatic N) is 3. The van der Waals surface area contributed by atoms with E-state index in [-0.39, 0.29) is 0 Å². The third-order valence-electron chi connectivity index (χ3n) is 3.50. The fourth-order valence-electron chi connectivity index (χ4n) is 2.49. The van der Waals surface area contributed by atoms with Gasteiger partial charge in [-0.1, -0.05) is 18.2 Å². The topological polar surface area (TPSA) is 30.3 Å². The molecule has 2 heterocycles. The number of hydrogen-bond donors (Lipinski definition) is 0. The minimum atomic E-state index is 0.707. The highest BCUT2D eigenvalue weighted by molar-refractivity contribution is 9.10. The van der Waals surface area contributed by atoms with E-state index in [1.807, 2.05) is 47.4 Å². The van der Waals surface area contributed by atoms with Crippen molar-refractivity contribution < 1.29 is 4.74 Å². The molecule has 0 amide bonds. The van der Waals surface area contributed by atoms with Gasteiger partial charge in [0.25, 0.3) is 0 Å². The molecule has 1 fully saturated rings. The molecule has 106 valence electrons. The molecule has 1 aliphatic heterocycles. The van der Waals surface area contributed by atoms with Gasteiger partial charge in [0, 0.05) is 38.3 Å². The van der Waals surface area contributed by atoms with E-state index < -0.39 is 0 Å². The number of rotatable bonds is 6. The van der Waals surface area contributed by atoms with Crippen LogP contribution in [0.15, 0.2) is 47.2 Å². The standard InChI is InChI=1S/C15H18BrN3O/c16-14-8-17-19(12-14)11-13-9-18(10-13)6-7-20-15-4-2-1-3-5-15/h1-5,8,12-13H,6-7,9-11H2. The zero-order valence-electron chi connectivity index (χ0n) is 11.3. The lowest BCUT2D eigenvalue weighted by molar-refractivity contribution is 0.0702. The Morgan fingerprint density at radius 1 is 1.25 bits per heavy atom. The molecule has 0 N–H and O–H groups in total. The molecule has 0 unspecified atom stereocenters. The van der Waals surface area contributed by atoms with Crippen LogP contribution >= 0.6 is 15.9 Å². The molecule has 3 rings (SSSR count). The quantitative estimate of drug-likeness (QED) is 0.813. The monoisotopic (exact) mass is 335 g/mol. The Hall–Kier alpha value is -1.33. The summed E-state index contributed by atoms with van der Waals surface area (Å²) in [6, 6.07) is 9.98. The maximum Gasteiger partial charge on any atom is 0.119 e. The highest BCUT2D eigenvalue weighted by Gasteiger charge is 2.26. The van der Waals surface area contributed by atoms with Crippen molar-refractivity contribution >= 4 is 15.9 Å². The molecule has 0 aliphatic carbocycles. The van der Waals surface area contributed by atoms with Crippen LogP contribution in [0.1, 0.15) is 0 Å². The van der Waals surface area contributed by atoms with E-state index in [1.54, 1.807) is 0 Å². The highest BCUT2D eigenvalue weighted by Crippen LogP contribution is 2.18. The van der Waals surface area contributed by atoms with Crippen molar-refractivity contribution in [1.82, 2.24) is 14.7 Å². The second kappa shape index (κ2) is 6.41. The minimum Gasteiger partial charge on any atom is -0.492 e. The van der Waals surface area contributed by atoms with E-state index in [0.717, 1.165) is 43.0 Å². The van der Waals surface area contributed by atoms with Gasteiger partial charge in [-0.3, -0.25) is 9.58 Å². The van der Waals surface area contributed by atoms with Gasteiger partial charge in [-0.15, -0.1) is 0 Å². The van der Waals surface area contributed by atoms with Crippen LogP contribution in [0, 0.1) is 5.92 Å². The summed E-state index contributed by atoms with van der Waals surface area (Å²) in [6.45, 7) is 5.02. The first kappa shape index (κ1) is 13.6. The Morgan fingerprint density at radius 2 is 2.05 bits per heavy atom. The van der Waals surface area contributed by atoms with Crippen molar-refractivity contribution in [3.8, 4) is 5.75 Å². The first-order valence-corrected chi connectivity index (χ1v) is 7.67. The van der Waals surface area contributed by atoms with Gasteiger partial charge in [-0.25, -0.2) is 0 Å². The SMILES string of the molecule is Brc1cnn(CC2CN(CCOc3ccccc3)C2)c1. The second-order valence-electron chi connectivity index (χ2n) is 5.17. The van der Waals surface area contributed by atoms with Crippen LogP contribution < -0.4 is 4.74 Å². The molecule has 4 nitrogen and oxygen atoms in total. The van der Waals surface area contributed by atoms with Gasteiger partial charge in [0.15, 0.2) is 0 Å². The average Bonchev–Trinajstić information content (AvgIpc) is 2.82. The Kier molecular flexibility index (Phi) is 4.38. The summed E-state index contributed by atoms with van der Waals surface area (Å²) in [7, 11) is 0. The number of likely N-dealkylation sites (tertiary alicyclic amines) is 1. The van der Waals surface area contributed by atoms with E-state index in [1.165, 1.54) is 0 Å². The van der Waals surface area contributed by atoms with Gasteiger partial charge >= 0.3 is 0 Å². The molecule has 0 radical (unpaired) electrons. The zero-order chi connectivity index (χ0) is 13.8. The summed E-state index contributed by atoms with van der Waals surface area (Å²) in [6.07, 6.45) is 3.87. The number of halogens is 1. The van der Waals surface area contributed by atoms with E-state index in [9.17, 15) is 0 Å². The van der Waals surface area contributed by atoms with E-state index in [2.05, 4.69) is 25.9 Å². The Morgan fingerprint density at radius 3 is 2.75 bits per heavy atom. The van der Waals surface area contributed by atoms with Gasteiger partial charge in [-0.2, -0.15) is 5.10 Å². The van der Waals surface area contributed by atoms with Gasteiger partial charge in [0.05, 0.1) is 10.7 Å². The summed E-state index contributed by atoms with van der Waals surface area (Å²) in [5.41, 5.74) is 0. The first-order valence-electron chi connectivity index (χ1n) is 6.88. The molecular weight excluding hydrogens is 318 g/mol. The molecule has 0 atom stereocenters. The second-order valence-corrected chi connectivity index (χ2v) is 6.08. The number of benzene rings is 1. The number of para-hydroxylation sites is 1. The summed E-state index contributed by atoms with van der Waals surface area (Å²) in [5, 5.41) is 4.29. The molecule has 1 saturated heterocycles. The van der Waals surface area contributed by atoms with Crippen LogP contribution in [0.3, 0.4) is 0 Å². The molecule has 1 aromatic carbocycles. The van der Waals surface area contributed by atoms with Crippen LogP contribution in [0.25, 0.3) is 0 Å². The minimum absolute atomic E-state index is 0.707. The molecule has 0 spiro atoms. The summed E-state index contributed by atoms with van der Waals surface area (Å²) < 4.78 is 8.76. The van der Waals surface area contributed by atoms with Gasteiger partial charge < -0.3 is 4.74 Å². The predicted molar refractivity (Wildman–Crippen MR) is 81.8 cm³/mol. The maximum atomic E-state index is 5.70. The number of ether oxygens (including phenoxy) is 1. The van der Waals surface area contributed by atoms with Crippen molar-refractivity contribution in [1.29, 1.82) is 0 Å². The normalized spacial score (nSPS) is 16.1. The molecule has 0 bridgehead atoms. The number of hydrogen-bond acceptors (Lipinski definition) is 3. The van der Waals surface area contributed by atoms with Crippen molar-refractivity contribution in [3.63, 3.8) is 0 Å². The smallest absolute Gasteiger partial charge is 0.119 e. The Labute approximate surface area is 127 Å². The van der Waals surface area contributed by atoms with E-state index >= 15 is 0 Å². The highest BCUT2D eigenvalue weighted by atomic mass is 79.9. The van der Waals surface area contributed by atoms with Crippen LogP contribution in [-0.4, -0.2) is 40.9 Å². The molecule has 5 heteroatoms. The van der Waals surface area contributed by atoms with Gasteiger partial charge in [-0.05, 0) is 28.1 Å². The average molecular weight is 336 g/mol. The molecular formula is C15H18BrN3O. The predicted octanol–water partition coefficient (Wildman–Crippen LogP) is 2.66. The largest absolute Gasteiger partial charge is 0.492 e. The van der Waals surface area contributed by atoms with Crippen LogP contribution in [0.2, 0.25) is 0 Å². The molecule has 0 saturated carbocycles. The van der Waals surface area contributed by atoms with Gasteiger partial charge in [0.1, 0.15) is 12.4 Å². The maximum absolute atomic E-state index is 5.70. The summed E-state index contributed by atoms with van der Waals surface area (Å²) in [4.78, 5) is 2.42. The lowest BCUT2D eigenvalue weighted by Crippen LogP contribution is -2.49. The third-order valence-corrected chi connectivity index (χ3v) is 3.91. The lowest BCUT2D eigenvalue weighted by Gasteiger charge is -2.39. The van der Waals surface area contributed by atoms with E-state index in [4.69, 9.17) is 4.74 Å². The van der Waals surface area contributed by atoms with E-state index in [0.29, 0.717) is 5.92 Å². The fourth-order valence-corrected chi connectivity index (χ4v) is 2.81. The van der Waals surface area contributed by atoms with Crippen LogP contribution in [-0.2, 0) is 6.54 Å². The van der Waals surface area contributed by atoms with Crippen molar-refractivity contribution in [3.05, 3.63) is 47.2 Å². The summed E-state index contributed by atoms with van der Waals surface area (Å²) in [5.74, 6) is 1.66. The van der Waals surface area contributed by atoms with Crippen LogP contribution in [0.5, 0.6) is 5.75 Å². The van der Waals surface area contributed by atoms with Crippen molar-refractivity contribution in [2.45, 2.75) is 6.54 Å². The Bertz CT molecular complexity index is 537. The van der Waals surface area contributed by atoms with Crippen molar-refractivity contribution in [2.75, 3.05) is 26.2 Å². The Balaban J connectivity index is 1.32. The third kappa shape index (κ3) is 3.61. The first-order chi connectivity index (χ1) is 9.79. The zero-order valence-corrected chi connectivity index (χ0v) is 12.9. The van der Waals surface area contributed by atoms with Crippen LogP contribution in [0.4, 0.5) is 0 Å². The number of aromatic nitrogens is 2. The van der Waals surface area contributed by atoms with Gasteiger partial charge in [0.2, 0.25) is 0 Å². The summed E-state index contributed by atoms with van der Waals surface area (Å²) >= 11 is 3.42. The molecule has 2 aromatic rings. The molecule has 20 heavy (non-hydrogen) atoms. The van der Waals surface area contributed by atoms with Crippen molar-refractivity contribution in [2.24, 2.45) is 5.92 Å².